The number of hydrogen-bond donors (Lipinski definition) is 1. The van der Waals surface area contributed by atoms with Gasteiger partial charge in [-0.3, -0.25) is 14.4 Å². The molecule has 0 saturated carbocycles. The lowest BCUT2D eigenvalue weighted by molar-refractivity contribution is -0.140. The van der Waals surface area contributed by atoms with Crippen LogP contribution in [0.15, 0.2) is 0 Å². The van der Waals surface area contributed by atoms with Crippen LogP contribution < -0.4 is 0 Å². The van der Waals surface area contributed by atoms with E-state index in [2.05, 4.69) is 0 Å². The summed E-state index contributed by atoms with van der Waals surface area (Å²) in [6, 6.07) is 0. The standard InChI is InChI=1S/C14H24O5S.4CH4/c1-4-14(2,3)12(16)5-7-19-10-20-8-6-11(15)9-13(17)18;;;;/h4-10H2,1-3H3,(H,17,18);4*1H4. The summed E-state index contributed by atoms with van der Waals surface area (Å²) < 4.78 is 5.32. The van der Waals surface area contributed by atoms with E-state index < -0.39 is 12.4 Å². The van der Waals surface area contributed by atoms with Gasteiger partial charge in [-0.05, 0) is 6.42 Å². The van der Waals surface area contributed by atoms with Crippen molar-refractivity contribution in [3.8, 4) is 0 Å². The Morgan fingerprint density at radius 3 is 2.04 bits per heavy atom. The zero-order valence-electron chi connectivity index (χ0n) is 12.4. The first kappa shape index (κ1) is 34.5. The molecule has 0 unspecified atom stereocenters. The molecule has 0 atom stereocenters. The second-order valence-corrected chi connectivity index (χ2v) is 6.26. The molecule has 0 fully saturated rings. The van der Waals surface area contributed by atoms with E-state index in [0.29, 0.717) is 24.7 Å². The van der Waals surface area contributed by atoms with Gasteiger partial charge in [-0.2, -0.15) is 0 Å². The molecule has 0 radical (unpaired) electrons. The van der Waals surface area contributed by atoms with Crippen molar-refractivity contribution >= 4 is 29.3 Å². The minimum absolute atomic E-state index is 0. The molecule has 148 valence electrons. The van der Waals surface area contributed by atoms with Gasteiger partial charge in [0, 0.05) is 24.0 Å². The predicted molar refractivity (Wildman–Crippen MR) is 106 cm³/mol. The zero-order chi connectivity index (χ0) is 15.6. The Hall–Kier alpha value is -0.880. The van der Waals surface area contributed by atoms with Gasteiger partial charge in [0.25, 0.3) is 0 Å². The molecule has 0 saturated heterocycles. The molecular weight excluding hydrogens is 328 g/mol. The van der Waals surface area contributed by atoms with E-state index in [1.54, 1.807) is 0 Å². The van der Waals surface area contributed by atoms with Gasteiger partial charge in [-0.15, -0.1) is 11.8 Å². The van der Waals surface area contributed by atoms with Gasteiger partial charge in [-0.1, -0.05) is 50.5 Å². The number of carbonyl (C=O) groups excluding carboxylic acids is 2. The Morgan fingerprint density at radius 2 is 1.58 bits per heavy atom. The second kappa shape index (κ2) is 18.5. The summed E-state index contributed by atoms with van der Waals surface area (Å²) in [5.74, 6) is -0.208. The van der Waals surface area contributed by atoms with Crippen molar-refractivity contribution in [2.75, 3.05) is 18.3 Å². The van der Waals surface area contributed by atoms with Gasteiger partial charge in [0.2, 0.25) is 0 Å². The lowest BCUT2D eigenvalue weighted by atomic mass is 9.84. The van der Waals surface area contributed by atoms with Crippen LogP contribution in [-0.4, -0.2) is 40.9 Å². The van der Waals surface area contributed by atoms with Gasteiger partial charge >= 0.3 is 5.97 Å². The maximum absolute atomic E-state index is 11.8. The summed E-state index contributed by atoms with van der Waals surface area (Å²) in [7, 11) is 0. The summed E-state index contributed by atoms with van der Waals surface area (Å²) in [5, 5.41) is 8.41. The summed E-state index contributed by atoms with van der Waals surface area (Å²) in [5.41, 5.74) is -0.292. The number of carboxylic acids is 1. The van der Waals surface area contributed by atoms with Gasteiger partial charge < -0.3 is 9.84 Å². The van der Waals surface area contributed by atoms with E-state index in [1.165, 1.54) is 11.8 Å². The molecule has 6 heteroatoms. The molecule has 0 aliphatic carbocycles. The van der Waals surface area contributed by atoms with Crippen molar-refractivity contribution in [3.63, 3.8) is 0 Å². The van der Waals surface area contributed by atoms with E-state index in [9.17, 15) is 14.4 Å². The number of thioether (sulfide) groups is 1. The average molecular weight is 369 g/mol. The fourth-order valence-corrected chi connectivity index (χ4v) is 2.05. The van der Waals surface area contributed by atoms with Gasteiger partial charge in [0.05, 0.1) is 12.5 Å². The lowest BCUT2D eigenvalue weighted by Gasteiger charge is -2.20. The highest BCUT2D eigenvalue weighted by atomic mass is 32.2. The van der Waals surface area contributed by atoms with Crippen molar-refractivity contribution in [3.05, 3.63) is 0 Å². The van der Waals surface area contributed by atoms with Gasteiger partial charge in [0.1, 0.15) is 18.0 Å². The summed E-state index contributed by atoms with van der Waals surface area (Å²) in [6.45, 7) is 6.23. The van der Waals surface area contributed by atoms with Crippen molar-refractivity contribution in [2.24, 2.45) is 5.41 Å². The van der Waals surface area contributed by atoms with Crippen LogP contribution in [0.5, 0.6) is 0 Å². The molecular formula is C18H40O5S. The summed E-state index contributed by atoms with van der Waals surface area (Å²) >= 11 is 1.43. The fraction of sp³-hybridized carbons (Fsp3) is 0.833. The van der Waals surface area contributed by atoms with E-state index in [1.807, 2.05) is 20.8 Å². The second-order valence-electron chi connectivity index (χ2n) is 5.20. The first-order chi connectivity index (χ1) is 9.29. The molecule has 0 aliphatic heterocycles. The molecule has 0 aromatic heterocycles. The van der Waals surface area contributed by atoms with E-state index in [4.69, 9.17) is 9.84 Å². The van der Waals surface area contributed by atoms with Crippen molar-refractivity contribution < 1.29 is 24.2 Å². The first-order valence-electron chi connectivity index (χ1n) is 6.72. The number of Topliss-reactive ketones (excluding diaryl/α,β-unsaturated/α-hetero) is 2. The maximum atomic E-state index is 11.8. The lowest BCUT2D eigenvalue weighted by Crippen LogP contribution is -2.24. The Balaban J connectivity index is -0.000000301. The quantitative estimate of drug-likeness (QED) is 0.294. The molecule has 0 spiro atoms. The third-order valence-electron chi connectivity index (χ3n) is 3.15. The first-order valence-corrected chi connectivity index (χ1v) is 7.87. The third-order valence-corrected chi connectivity index (χ3v) is 3.98. The Kier molecular flexibility index (Phi) is 26.5. The highest BCUT2D eigenvalue weighted by molar-refractivity contribution is 7.99. The topological polar surface area (TPSA) is 80.7 Å². The normalized spacial score (nSPS) is 9.46. The molecule has 24 heavy (non-hydrogen) atoms. The van der Waals surface area contributed by atoms with E-state index in [-0.39, 0.29) is 53.1 Å². The van der Waals surface area contributed by atoms with Crippen LogP contribution in [0.3, 0.4) is 0 Å². The van der Waals surface area contributed by atoms with Crippen molar-refractivity contribution in [1.82, 2.24) is 0 Å². The van der Waals surface area contributed by atoms with Crippen LogP contribution in [0, 0.1) is 5.41 Å². The van der Waals surface area contributed by atoms with Crippen molar-refractivity contribution in [1.29, 1.82) is 0 Å². The Labute approximate surface area is 153 Å². The van der Waals surface area contributed by atoms with E-state index >= 15 is 0 Å². The van der Waals surface area contributed by atoms with Gasteiger partial charge in [-0.25, -0.2) is 0 Å². The zero-order valence-corrected chi connectivity index (χ0v) is 13.3. The van der Waals surface area contributed by atoms with Crippen LogP contribution in [0.25, 0.3) is 0 Å². The molecule has 0 aromatic carbocycles. The SMILES string of the molecule is C.C.C.C.CCC(C)(C)C(=O)CCOCSCCC(=O)CC(=O)O. The fourth-order valence-electron chi connectivity index (χ4n) is 1.32. The summed E-state index contributed by atoms with van der Waals surface area (Å²) in [6.07, 6.45) is 1.04. The smallest absolute Gasteiger partial charge is 0.310 e. The monoisotopic (exact) mass is 368 g/mol. The Bertz CT molecular complexity index is 340. The third kappa shape index (κ3) is 17.5. The highest BCUT2D eigenvalue weighted by Gasteiger charge is 2.24. The number of ether oxygens (including phenoxy) is 1. The average Bonchev–Trinajstić information content (AvgIpc) is 2.36. The Morgan fingerprint density at radius 1 is 1.04 bits per heavy atom. The van der Waals surface area contributed by atoms with Crippen LogP contribution in [0.2, 0.25) is 0 Å². The molecule has 0 aliphatic rings. The number of hydrogen-bond acceptors (Lipinski definition) is 5. The number of carbonyl (C=O) groups is 3. The molecule has 0 bridgehead atoms. The number of aliphatic carboxylic acids is 1. The van der Waals surface area contributed by atoms with Crippen molar-refractivity contribution in [2.45, 2.75) is 76.2 Å². The molecule has 5 nitrogen and oxygen atoms in total. The molecule has 0 rings (SSSR count). The summed E-state index contributed by atoms with van der Waals surface area (Å²) in [4.78, 5) is 33.2. The number of ketones is 2. The molecule has 1 N–H and O–H groups in total. The van der Waals surface area contributed by atoms with Crippen LogP contribution in [0.4, 0.5) is 0 Å². The van der Waals surface area contributed by atoms with Crippen LogP contribution in [-0.2, 0) is 19.1 Å². The maximum Gasteiger partial charge on any atom is 0.310 e. The highest BCUT2D eigenvalue weighted by Crippen LogP contribution is 2.22. The predicted octanol–water partition coefficient (Wildman–Crippen LogP) is 5.07. The molecule has 0 heterocycles. The number of rotatable bonds is 12. The van der Waals surface area contributed by atoms with Gasteiger partial charge in [0.15, 0.2) is 0 Å². The minimum Gasteiger partial charge on any atom is -0.481 e. The van der Waals surface area contributed by atoms with Crippen LogP contribution >= 0.6 is 11.8 Å². The largest absolute Gasteiger partial charge is 0.481 e. The number of carboxylic acid groups (broad SMARTS) is 1. The molecule has 0 amide bonds. The minimum atomic E-state index is -1.09. The van der Waals surface area contributed by atoms with Crippen LogP contribution in [0.1, 0.15) is 76.2 Å². The molecule has 0 aromatic rings. The van der Waals surface area contributed by atoms with E-state index in [0.717, 1.165) is 6.42 Å².